The van der Waals surface area contributed by atoms with Gasteiger partial charge >= 0.3 is 6.03 Å². The second-order valence-electron chi connectivity index (χ2n) is 6.86. The van der Waals surface area contributed by atoms with E-state index in [1.54, 1.807) is 11.3 Å². The summed E-state index contributed by atoms with van der Waals surface area (Å²) in [5, 5.41) is 7.06. The molecule has 0 aliphatic rings. The van der Waals surface area contributed by atoms with Gasteiger partial charge in [-0.15, -0.1) is 11.3 Å². The summed E-state index contributed by atoms with van der Waals surface area (Å²) in [5.41, 5.74) is 3.74. The van der Waals surface area contributed by atoms with Crippen LogP contribution in [0.5, 0.6) is 0 Å². The van der Waals surface area contributed by atoms with Gasteiger partial charge in [-0.25, -0.2) is 9.78 Å². The maximum absolute atomic E-state index is 12.3. The zero-order valence-corrected chi connectivity index (χ0v) is 16.5. The number of nitrogens with zero attached hydrogens (tertiary/aromatic N) is 1. The minimum absolute atomic E-state index is 0.162. The fourth-order valence-corrected chi connectivity index (χ4v) is 3.61. The molecule has 0 bridgehead atoms. The lowest BCUT2D eigenvalue weighted by atomic mass is 9.92. The molecule has 1 aromatic carbocycles. The number of nitrogens with one attached hydrogen (secondary N) is 2. The van der Waals surface area contributed by atoms with E-state index in [1.165, 1.54) is 4.88 Å². The predicted octanol–water partition coefficient (Wildman–Crippen LogP) is 4.57. The summed E-state index contributed by atoms with van der Waals surface area (Å²) in [6, 6.07) is 7.96. The van der Waals surface area contributed by atoms with Crippen molar-refractivity contribution in [2.24, 2.45) is 0 Å². The summed E-state index contributed by atoms with van der Waals surface area (Å²) in [4.78, 5) is 17.9. The third-order valence-corrected chi connectivity index (χ3v) is 5.27. The summed E-state index contributed by atoms with van der Waals surface area (Å²) in [6.07, 6.45) is 0.802. The highest BCUT2D eigenvalue weighted by Crippen LogP contribution is 2.23. The van der Waals surface area contributed by atoms with Crippen molar-refractivity contribution in [2.75, 3.05) is 6.54 Å². The topological polar surface area (TPSA) is 54.0 Å². The van der Waals surface area contributed by atoms with Gasteiger partial charge in [0.2, 0.25) is 0 Å². The summed E-state index contributed by atoms with van der Waals surface area (Å²) in [7, 11) is 0. The molecule has 2 aromatic rings. The first-order chi connectivity index (χ1) is 11.7. The smallest absolute Gasteiger partial charge is 0.315 e. The number of carbonyl (C=O) groups is 1. The van der Waals surface area contributed by atoms with Crippen molar-refractivity contribution < 1.29 is 4.79 Å². The SMILES string of the molecule is C=C(C)c1cccc(C(C)(C)NC(=O)NCCc2sc(C)nc2C)c1. The van der Waals surface area contributed by atoms with Crippen molar-refractivity contribution in [3.8, 4) is 0 Å². The lowest BCUT2D eigenvalue weighted by Gasteiger charge is -2.27. The van der Waals surface area contributed by atoms with Crippen molar-refractivity contribution in [3.63, 3.8) is 0 Å². The molecule has 0 radical (unpaired) electrons. The molecule has 2 amide bonds. The summed E-state index contributed by atoms with van der Waals surface area (Å²) in [6.45, 7) is 14.6. The first-order valence-corrected chi connectivity index (χ1v) is 9.26. The molecule has 0 fully saturated rings. The third kappa shape index (κ3) is 5.16. The minimum Gasteiger partial charge on any atom is -0.338 e. The van der Waals surface area contributed by atoms with E-state index in [1.807, 2.05) is 52.8 Å². The molecule has 2 N–H and O–H groups in total. The maximum Gasteiger partial charge on any atom is 0.315 e. The Morgan fingerprint density at radius 3 is 2.64 bits per heavy atom. The van der Waals surface area contributed by atoms with Crippen molar-refractivity contribution in [1.82, 2.24) is 15.6 Å². The number of hydrogen-bond acceptors (Lipinski definition) is 3. The number of hydrogen-bond donors (Lipinski definition) is 2. The Morgan fingerprint density at radius 1 is 1.32 bits per heavy atom. The second kappa shape index (κ2) is 7.83. The second-order valence-corrected chi connectivity index (χ2v) is 8.15. The van der Waals surface area contributed by atoms with Gasteiger partial charge in [0.15, 0.2) is 0 Å². The van der Waals surface area contributed by atoms with Gasteiger partial charge in [-0.3, -0.25) is 0 Å². The zero-order valence-electron chi connectivity index (χ0n) is 15.7. The van der Waals surface area contributed by atoms with Crippen LogP contribution in [0.2, 0.25) is 0 Å². The Morgan fingerprint density at radius 2 is 2.04 bits per heavy atom. The van der Waals surface area contributed by atoms with Crippen LogP contribution in [0.1, 0.15) is 47.5 Å². The molecular formula is C20H27N3OS. The molecular weight excluding hydrogens is 330 g/mol. The van der Waals surface area contributed by atoms with Crippen LogP contribution in [0, 0.1) is 13.8 Å². The fourth-order valence-electron chi connectivity index (χ4n) is 2.67. The summed E-state index contributed by atoms with van der Waals surface area (Å²) in [5.74, 6) is 0. The highest BCUT2D eigenvalue weighted by Gasteiger charge is 2.23. The molecule has 0 spiro atoms. The minimum atomic E-state index is -0.466. The van der Waals surface area contributed by atoms with E-state index < -0.39 is 5.54 Å². The van der Waals surface area contributed by atoms with Crippen LogP contribution in [0.25, 0.3) is 5.57 Å². The molecule has 0 saturated heterocycles. The van der Waals surface area contributed by atoms with E-state index in [2.05, 4.69) is 28.3 Å². The van der Waals surface area contributed by atoms with E-state index in [-0.39, 0.29) is 6.03 Å². The number of urea groups is 1. The number of amides is 2. The number of carbonyl (C=O) groups excluding carboxylic acids is 1. The van der Waals surface area contributed by atoms with E-state index in [0.717, 1.165) is 33.8 Å². The van der Waals surface area contributed by atoms with Crippen LogP contribution in [-0.2, 0) is 12.0 Å². The standard InChI is InChI=1S/C20H27N3OS/c1-13(2)16-8-7-9-17(12-16)20(5,6)23-19(24)21-11-10-18-14(3)22-15(4)25-18/h7-9,12H,1,10-11H2,2-6H3,(H2,21,23,24). The molecule has 4 nitrogen and oxygen atoms in total. The average Bonchev–Trinajstić information content (AvgIpc) is 2.84. The van der Waals surface area contributed by atoms with Gasteiger partial charge in [-0.2, -0.15) is 0 Å². The Bertz CT molecular complexity index is 777. The molecule has 25 heavy (non-hydrogen) atoms. The molecule has 0 aliphatic heterocycles. The highest BCUT2D eigenvalue weighted by molar-refractivity contribution is 7.11. The first-order valence-electron chi connectivity index (χ1n) is 8.44. The Labute approximate surface area is 154 Å². The zero-order chi connectivity index (χ0) is 18.6. The summed E-state index contributed by atoms with van der Waals surface area (Å²) >= 11 is 1.69. The van der Waals surface area contributed by atoms with E-state index in [0.29, 0.717) is 6.54 Å². The van der Waals surface area contributed by atoms with Crippen LogP contribution in [0.4, 0.5) is 4.79 Å². The molecule has 0 saturated carbocycles. The van der Waals surface area contributed by atoms with Gasteiger partial charge in [0, 0.05) is 17.8 Å². The van der Waals surface area contributed by atoms with Crippen LogP contribution < -0.4 is 10.6 Å². The quantitative estimate of drug-likeness (QED) is 0.796. The molecule has 5 heteroatoms. The number of thiazole rings is 1. The molecule has 1 heterocycles. The number of allylic oxidation sites excluding steroid dienone is 1. The van der Waals surface area contributed by atoms with Crippen LogP contribution in [0.3, 0.4) is 0 Å². The number of aryl methyl sites for hydroxylation is 2. The van der Waals surface area contributed by atoms with Crippen molar-refractivity contribution >= 4 is 22.9 Å². The van der Waals surface area contributed by atoms with Crippen molar-refractivity contribution in [3.05, 3.63) is 57.6 Å². The molecule has 0 aliphatic carbocycles. The highest BCUT2D eigenvalue weighted by atomic mass is 32.1. The average molecular weight is 358 g/mol. The molecule has 0 unspecified atom stereocenters. The largest absolute Gasteiger partial charge is 0.338 e. The van der Waals surface area contributed by atoms with Gasteiger partial charge in [0.1, 0.15) is 0 Å². The summed E-state index contributed by atoms with van der Waals surface area (Å²) < 4.78 is 0. The molecule has 1 aromatic heterocycles. The normalized spacial score (nSPS) is 11.2. The van der Waals surface area contributed by atoms with Gasteiger partial charge in [-0.05, 0) is 51.8 Å². The molecule has 0 atom stereocenters. The number of rotatable bonds is 6. The number of aromatic nitrogens is 1. The van der Waals surface area contributed by atoms with Crippen LogP contribution in [-0.4, -0.2) is 17.6 Å². The maximum atomic E-state index is 12.3. The lowest BCUT2D eigenvalue weighted by Crippen LogP contribution is -2.46. The van der Waals surface area contributed by atoms with Gasteiger partial charge in [0.05, 0.1) is 16.2 Å². The van der Waals surface area contributed by atoms with Crippen molar-refractivity contribution in [2.45, 2.75) is 46.6 Å². The number of benzene rings is 1. The third-order valence-electron chi connectivity index (χ3n) is 4.14. The molecule has 2 rings (SSSR count). The Hall–Kier alpha value is -2.14. The Balaban J connectivity index is 1.93. The van der Waals surface area contributed by atoms with E-state index >= 15 is 0 Å². The van der Waals surface area contributed by atoms with Gasteiger partial charge in [-0.1, -0.05) is 30.4 Å². The van der Waals surface area contributed by atoms with E-state index in [4.69, 9.17) is 0 Å². The monoisotopic (exact) mass is 357 g/mol. The van der Waals surface area contributed by atoms with Gasteiger partial charge in [0.25, 0.3) is 0 Å². The lowest BCUT2D eigenvalue weighted by molar-refractivity contribution is 0.230. The van der Waals surface area contributed by atoms with Crippen LogP contribution in [0.15, 0.2) is 30.8 Å². The predicted molar refractivity (Wildman–Crippen MR) is 106 cm³/mol. The Kier molecular flexibility index (Phi) is 6.01. The van der Waals surface area contributed by atoms with Crippen molar-refractivity contribution in [1.29, 1.82) is 0 Å². The van der Waals surface area contributed by atoms with E-state index in [9.17, 15) is 4.79 Å². The molecule has 134 valence electrons. The van der Waals surface area contributed by atoms with Gasteiger partial charge < -0.3 is 10.6 Å². The fraction of sp³-hybridized carbons (Fsp3) is 0.400. The first kappa shape index (κ1) is 19.2. The van der Waals surface area contributed by atoms with Crippen LogP contribution >= 0.6 is 11.3 Å².